The smallest absolute Gasteiger partial charge is 0.265 e. The molecule has 0 fully saturated rings. The molecule has 0 atom stereocenters. The Kier molecular flexibility index (Phi) is 6.49. The maximum absolute atomic E-state index is 15.1. The highest BCUT2D eigenvalue weighted by molar-refractivity contribution is 5.97. The van der Waals surface area contributed by atoms with E-state index in [1.165, 1.54) is 53.2 Å². The predicted octanol–water partition coefficient (Wildman–Crippen LogP) is 7.14. The van der Waals surface area contributed by atoms with Crippen molar-refractivity contribution < 1.29 is 22.7 Å². The van der Waals surface area contributed by atoms with E-state index >= 15 is 4.39 Å². The maximum Gasteiger partial charge on any atom is 0.265 e. The Hall–Kier alpha value is -5.37. The molecule has 0 spiro atoms. The molecule has 0 N–H and O–H groups in total. The van der Waals surface area contributed by atoms with E-state index in [2.05, 4.69) is 4.98 Å². The first-order chi connectivity index (χ1) is 19.5. The molecule has 0 aliphatic rings. The van der Waals surface area contributed by atoms with Gasteiger partial charge in [0.1, 0.15) is 17.1 Å². The number of fused-ring (bicyclic) bond motifs is 1. The normalized spacial score (nSPS) is 11.1. The summed E-state index contributed by atoms with van der Waals surface area (Å²) in [5, 5.41) is 0. The Bertz CT molecular complexity index is 1910. The SMILES string of the molecule is O=C(Cc1ccc(Oc2ccnc3cc(-c4ccccc4)oc23)c(F)c1)c1cccn(-c2ccc(F)cc2)c1=O. The van der Waals surface area contributed by atoms with Crippen LogP contribution < -0.4 is 10.3 Å². The number of rotatable bonds is 7. The fourth-order valence-corrected chi connectivity index (χ4v) is 4.39. The van der Waals surface area contributed by atoms with Gasteiger partial charge in [0.15, 0.2) is 28.7 Å². The molecule has 6 rings (SSSR count). The number of carbonyl (C=O) groups excluding carboxylic acids is 1. The third-order valence-corrected chi connectivity index (χ3v) is 6.37. The molecule has 0 saturated carbocycles. The van der Waals surface area contributed by atoms with Crippen LogP contribution in [0.4, 0.5) is 8.78 Å². The average Bonchev–Trinajstić information content (AvgIpc) is 3.41. The minimum absolute atomic E-state index is 0.0558. The lowest BCUT2D eigenvalue weighted by Crippen LogP contribution is -2.25. The van der Waals surface area contributed by atoms with Crippen molar-refractivity contribution in [2.24, 2.45) is 0 Å². The van der Waals surface area contributed by atoms with Crippen LogP contribution in [0.25, 0.3) is 28.1 Å². The zero-order chi connectivity index (χ0) is 27.6. The average molecular weight is 535 g/mol. The fraction of sp³-hybridized carbons (Fsp3) is 0.0312. The molecular formula is C32H20F2N2O4. The monoisotopic (exact) mass is 534 g/mol. The number of ether oxygens (including phenoxy) is 1. The number of pyridine rings is 2. The number of Topliss-reactive ketones (excluding diaryl/α,β-unsaturated/α-hetero) is 1. The molecule has 3 aromatic carbocycles. The topological polar surface area (TPSA) is 74.3 Å². The largest absolute Gasteiger partial charge is 0.450 e. The third-order valence-electron chi connectivity index (χ3n) is 6.37. The number of ketones is 1. The van der Waals surface area contributed by atoms with E-state index in [9.17, 15) is 14.0 Å². The van der Waals surface area contributed by atoms with Crippen LogP contribution in [0, 0.1) is 11.6 Å². The van der Waals surface area contributed by atoms with E-state index in [-0.39, 0.29) is 17.7 Å². The third kappa shape index (κ3) is 4.90. The van der Waals surface area contributed by atoms with Gasteiger partial charge >= 0.3 is 0 Å². The van der Waals surface area contributed by atoms with Gasteiger partial charge in [0.2, 0.25) is 0 Å². The van der Waals surface area contributed by atoms with Crippen LogP contribution in [-0.2, 0) is 6.42 Å². The van der Waals surface area contributed by atoms with Crippen molar-refractivity contribution in [3.05, 3.63) is 143 Å². The molecule has 0 bridgehead atoms. The summed E-state index contributed by atoms with van der Waals surface area (Å²) in [4.78, 5) is 30.2. The number of halogens is 2. The van der Waals surface area contributed by atoms with Crippen molar-refractivity contribution in [1.82, 2.24) is 9.55 Å². The Labute approximate surface area is 226 Å². The summed E-state index contributed by atoms with van der Waals surface area (Å²) in [7, 11) is 0. The standard InChI is InChI=1S/C32H20F2N2O4/c33-22-9-11-23(12-10-22)36-16-4-7-24(32(36)38)27(37)18-20-8-13-28(25(34)17-20)39-29-14-15-35-26-19-30(40-31(26)29)21-5-2-1-3-6-21/h1-17,19H,18H2. The van der Waals surface area contributed by atoms with Gasteiger partial charge in [-0.25, -0.2) is 8.78 Å². The van der Waals surface area contributed by atoms with E-state index in [1.54, 1.807) is 30.5 Å². The van der Waals surface area contributed by atoms with Crippen molar-refractivity contribution >= 4 is 16.9 Å². The Morgan fingerprint density at radius 1 is 0.875 bits per heavy atom. The second kappa shape index (κ2) is 10.4. The van der Waals surface area contributed by atoms with Gasteiger partial charge in [-0.05, 0) is 54.1 Å². The van der Waals surface area contributed by atoms with Crippen molar-refractivity contribution in [2.45, 2.75) is 6.42 Å². The second-order valence-electron chi connectivity index (χ2n) is 9.04. The minimum Gasteiger partial charge on any atom is -0.450 e. The molecule has 6 aromatic rings. The van der Waals surface area contributed by atoms with Crippen LogP contribution in [0.1, 0.15) is 15.9 Å². The zero-order valence-corrected chi connectivity index (χ0v) is 20.9. The minimum atomic E-state index is -0.679. The van der Waals surface area contributed by atoms with Crippen LogP contribution in [-0.4, -0.2) is 15.3 Å². The Morgan fingerprint density at radius 2 is 1.68 bits per heavy atom. The summed E-state index contributed by atoms with van der Waals surface area (Å²) in [6, 6.07) is 25.4. The number of benzene rings is 3. The molecule has 196 valence electrons. The molecule has 0 aliphatic carbocycles. The Balaban J connectivity index is 1.22. The Morgan fingerprint density at radius 3 is 2.45 bits per heavy atom. The zero-order valence-electron chi connectivity index (χ0n) is 20.9. The number of aromatic nitrogens is 2. The van der Waals surface area contributed by atoms with Gasteiger partial charge in [-0.2, -0.15) is 0 Å². The molecule has 40 heavy (non-hydrogen) atoms. The summed E-state index contributed by atoms with van der Waals surface area (Å²) >= 11 is 0. The van der Waals surface area contributed by atoms with Crippen LogP contribution in [0.15, 0.2) is 119 Å². The fourth-order valence-electron chi connectivity index (χ4n) is 4.39. The highest BCUT2D eigenvalue weighted by Gasteiger charge is 2.17. The first kappa shape index (κ1) is 24.9. The molecule has 6 nitrogen and oxygen atoms in total. The summed E-state index contributed by atoms with van der Waals surface area (Å²) in [6.07, 6.45) is 2.85. The maximum atomic E-state index is 15.1. The van der Waals surface area contributed by atoms with Gasteiger partial charge in [-0.1, -0.05) is 36.4 Å². The number of nitrogens with zero attached hydrogens (tertiary/aromatic N) is 2. The predicted molar refractivity (Wildman–Crippen MR) is 146 cm³/mol. The number of furan rings is 1. The van der Waals surface area contributed by atoms with Crippen molar-refractivity contribution in [3.8, 4) is 28.5 Å². The molecule has 0 aliphatic heterocycles. The molecule has 8 heteroatoms. The van der Waals surface area contributed by atoms with Gasteiger partial charge in [0, 0.05) is 42.2 Å². The molecule has 3 heterocycles. The van der Waals surface area contributed by atoms with E-state index in [1.807, 2.05) is 30.3 Å². The first-order valence-corrected chi connectivity index (χ1v) is 12.4. The quantitative estimate of drug-likeness (QED) is 0.204. The van der Waals surface area contributed by atoms with Gasteiger partial charge in [0.05, 0.1) is 5.56 Å². The summed E-state index contributed by atoms with van der Waals surface area (Å²) < 4.78 is 41.4. The van der Waals surface area contributed by atoms with Crippen molar-refractivity contribution in [2.75, 3.05) is 0 Å². The lowest BCUT2D eigenvalue weighted by Gasteiger charge is -2.10. The van der Waals surface area contributed by atoms with Crippen LogP contribution >= 0.6 is 0 Å². The van der Waals surface area contributed by atoms with E-state index < -0.39 is 23.0 Å². The van der Waals surface area contributed by atoms with Gasteiger partial charge in [-0.3, -0.25) is 19.1 Å². The highest BCUT2D eigenvalue weighted by Crippen LogP contribution is 2.35. The summed E-state index contributed by atoms with van der Waals surface area (Å²) in [5.74, 6) is -0.752. The van der Waals surface area contributed by atoms with Gasteiger partial charge < -0.3 is 9.15 Å². The lowest BCUT2D eigenvalue weighted by molar-refractivity contribution is 0.0991. The van der Waals surface area contributed by atoms with Crippen LogP contribution in [0.3, 0.4) is 0 Å². The van der Waals surface area contributed by atoms with Gasteiger partial charge in [-0.15, -0.1) is 0 Å². The van der Waals surface area contributed by atoms with Crippen molar-refractivity contribution in [1.29, 1.82) is 0 Å². The van der Waals surface area contributed by atoms with Crippen LogP contribution in [0.2, 0.25) is 0 Å². The number of hydrogen-bond acceptors (Lipinski definition) is 5. The molecule has 0 radical (unpaired) electrons. The summed E-state index contributed by atoms with van der Waals surface area (Å²) in [5.41, 5.74) is 2.00. The molecule has 0 amide bonds. The van der Waals surface area contributed by atoms with E-state index in [0.29, 0.717) is 33.9 Å². The molecular weight excluding hydrogens is 514 g/mol. The van der Waals surface area contributed by atoms with E-state index in [4.69, 9.17) is 9.15 Å². The van der Waals surface area contributed by atoms with Crippen molar-refractivity contribution in [3.63, 3.8) is 0 Å². The highest BCUT2D eigenvalue weighted by atomic mass is 19.1. The second-order valence-corrected chi connectivity index (χ2v) is 9.04. The number of carbonyl (C=O) groups is 1. The molecule has 0 saturated heterocycles. The lowest BCUT2D eigenvalue weighted by atomic mass is 10.0. The summed E-state index contributed by atoms with van der Waals surface area (Å²) in [6.45, 7) is 0. The van der Waals surface area contributed by atoms with Crippen LogP contribution in [0.5, 0.6) is 11.5 Å². The number of hydrogen-bond donors (Lipinski definition) is 0. The molecule has 3 aromatic heterocycles. The first-order valence-electron chi connectivity index (χ1n) is 12.4. The van der Waals surface area contributed by atoms with E-state index in [0.717, 1.165) is 5.56 Å². The van der Waals surface area contributed by atoms with Gasteiger partial charge in [0.25, 0.3) is 5.56 Å². The molecule has 0 unspecified atom stereocenters.